The first-order valence-electron chi connectivity index (χ1n) is 8.45. The first kappa shape index (κ1) is 20.5. The fraction of sp³-hybridized carbons (Fsp3) is 0.250. The molecule has 0 aliphatic rings. The highest BCUT2D eigenvalue weighted by Crippen LogP contribution is 2.14. The number of carbonyl (C=O) groups excluding carboxylic acids is 3. The Morgan fingerprint density at radius 1 is 1.04 bits per heavy atom. The normalized spacial score (nSPS) is 11.3. The van der Waals surface area contributed by atoms with Gasteiger partial charge in [-0.05, 0) is 17.7 Å². The van der Waals surface area contributed by atoms with Crippen LogP contribution in [0, 0.1) is 0 Å². The molecule has 0 aromatic heterocycles. The minimum atomic E-state index is -0.788. The van der Waals surface area contributed by atoms with Crippen LogP contribution in [-0.2, 0) is 20.7 Å². The number of amides is 2. The first-order chi connectivity index (χ1) is 13.0. The second kappa shape index (κ2) is 10.3. The Kier molecular flexibility index (Phi) is 7.82. The van der Waals surface area contributed by atoms with E-state index in [1.54, 1.807) is 24.3 Å². The maximum atomic E-state index is 12.2. The molecule has 0 radical (unpaired) electrons. The molecule has 7 heteroatoms. The van der Waals surface area contributed by atoms with Gasteiger partial charge in [-0.1, -0.05) is 54.1 Å². The van der Waals surface area contributed by atoms with Crippen LogP contribution >= 0.6 is 11.6 Å². The van der Waals surface area contributed by atoms with Crippen molar-refractivity contribution in [1.29, 1.82) is 0 Å². The number of rotatable bonds is 8. The summed E-state index contributed by atoms with van der Waals surface area (Å²) in [4.78, 5) is 36.2. The Morgan fingerprint density at radius 2 is 1.70 bits per heavy atom. The number of methoxy groups -OCH3 is 1. The third kappa shape index (κ3) is 6.42. The molecule has 0 fully saturated rings. The molecule has 0 saturated carbocycles. The molecular weight excluding hydrogens is 368 g/mol. The number of nitrogens with one attached hydrogen (secondary N) is 2. The maximum Gasteiger partial charge on any atom is 0.328 e. The van der Waals surface area contributed by atoms with Crippen molar-refractivity contribution in [2.24, 2.45) is 0 Å². The molecule has 2 N–H and O–H groups in total. The van der Waals surface area contributed by atoms with Crippen LogP contribution in [-0.4, -0.2) is 37.5 Å². The number of hydrogen-bond donors (Lipinski definition) is 2. The third-order valence-electron chi connectivity index (χ3n) is 3.86. The van der Waals surface area contributed by atoms with E-state index >= 15 is 0 Å². The second-order valence-corrected chi connectivity index (χ2v) is 6.23. The summed E-state index contributed by atoms with van der Waals surface area (Å²) in [6.07, 6.45) is 0.351. The van der Waals surface area contributed by atoms with Crippen molar-refractivity contribution in [3.63, 3.8) is 0 Å². The van der Waals surface area contributed by atoms with Crippen molar-refractivity contribution in [3.8, 4) is 0 Å². The molecule has 0 saturated heterocycles. The van der Waals surface area contributed by atoms with Gasteiger partial charge in [0.1, 0.15) is 6.04 Å². The highest BCUT2D eigenvalue weighted by Gasteiger charge is 2.21. The molecule has 0 aliphatic heterocycles. The Bertz CT molecular complexity index is 796. The highest BCUT2D eigenvalue weighted by molar-refractivity contribution is 6.33. The van der Waals surface area contributed by atoms with Crippen molar-refractivity contribution in [2.45, 2.75) is 18.9 Å². The van der Waals surface area contributed by atoms with Crippen molar-refractivity contribution >= 4 is 29.4 Å². The minimum absolute atomic E-state index is 0.0263. The quantitative estimate of drug-likeness (QED) is 0.680. The third-order valence-corrected chi connectivity index (χ3v) is 4.19. The lowest BCUT2D eigenvalue weighted by molar-refractivity contribution is -0.145. The van der Waals surface area contributed by atoms with E-state index in [0.29, 0.717) is 17.0 Å². The molecule has 2 aromatic carbocycles. The monoisotopic (exact) mass is 388 g/mol. The van der Waals surface area contributed by atoms with Crippen LogP contribution in [0.1, 0.15) is 22.3 Å². The molecular formula is C20H21ClN2O4. The summed E-state index contributed by atoms with van der Waals surface area (Å²) < 4.78 is 4.76. The average Bonchev–Trinajstić information content (AvgIpc) is 2.68. The van der Waals surface area contributed by atoms with Crippen molar-refractivity contribution in [3.05, 3.63) is 70.7 Å². The van der Waals surface area contributed by atoms with Gasteiger partial charge >= 0.3 is 5.97 Å². The van der Waals surface area contributed by atoms with Gasteiger partial charge in [-0.25, -0.2) is 4.79 Å². The van der Waals surface area contributed by atoms with Crippen LogP contribution in [0.2, 0.25) is 5.02 Å². The van der Waals surface area contributed by atoms with Gasteiger partial charge in [0.2, 0.25) is 5.91 Å². The lowest BCUT2D eigenvalue weighted by Crippen LogP contribution is -2.44. The van der Waals surface area contributed by atoms with Gasteiger partial charge in [0.15, 0.2) is 0 Å². The molecule has 2 amide bonds. The van der Waals surface area contributed by atoms with Crippen LogP contribution in [0.15, 0.2) is 54.6 Å². The van der Waals surface area contributed by atoms with Crippen molar-refractivity contribution in [1.82, 2.24) is 10.6 Å². The summed E-state index contributed by atoms with van der Waals surface area (Å²) in [5.74, 6) is -1.24. The van der Waals surface area contributed by atoms with Crippen LogP contribution < -0.4 is 10.6 Å². The largest absolute Gasteiger partial charge is 0.467 e. The van der Waals surface area contributed by atoms with Gasteiger partial charge < -0.3 is 15.4 Å². The summed E-state index contributed by atoms with van der Waals surface area (Å²) >= 11 is 5.97. The number of benzene rings is 2. The van der Waals surface area contributed by atoms with Crippen LogP contribution in [0.25, 0.3) is 0 Å². The molecule has 2 rings (SSSR count). The van der Waals surface area contributed by atoms with E-state index in [4.69, 9.17) is 16.3 Å². The average molecular weight is 389 g/mol. The van der Waals surface area contributed by atoms with E-state index in [0.717, 1.165) is 5.56 Å². The summed E-state index contributed by atoms with van der Waals surface area (Å²) in [6.45, 7) is 0.120. The molecule has 142 valence electrons. The van der Waals surface area contributed by atoms with E-state index in [1.165, 1.54) is 7.11 Å². The Hall–Kier alpha value is -2.86. The summed E-state index contributed by atoms with van der Waals surface area (Å²) in [5, 5.41) is 5.63. The maximum absolute atomic E-state index is 12.2. The molecule has 0 aliphatic carbocycles. The molecule has 1 unspecified atom stereocenters. The van der Waals surface area contributed by atoms with Crippen LogP contribution in [0.4, 0.5) is 0 Å². The lowest BCUT2D eigenvalue weighted by Gasteiger charge is -2.17. The fourth-order valence-corrected chi connectivity index (χ4v) is 2.70. The number of carbonyl (C=O) groups is 3. The van der Waals surface area contributed by atoms with E-state index < -0.39 is 12.0 Å². The molecule has 6 nitrogen and oxygen atoms in total. The predicted molar refractivity (Wildman–Crippen MR) is 102 cm³/mol. The molecule has 0 heterocycles. The zero-order chi connectivity index (χ0) is 19.6. The SMILES string of the molecule is COC(=O)C(Cc1ccccc1)NC(=O)CCNC(=O)c1ccccc1Cl. The molecule has 1 atom stereocenters. The first-order valence-corrected chi connectivity index (χ1v) is 8.83. The van der Waals surface area contributed by atoms with Gasteiger partial charge in [-0.2, -0.15) is 0 Å². The second-order valence-electron chi connectivity index (χ2n) is 5.82. The summed E-state index contributed by atoms with van der Waals surface area (Å²) in [7, 11) is 1.27. The Morgan fingerprint density at radius 3 is 2.37 bits per heavy atom. The smallest absolute Gasteiger partial charge is 0.328 e. The predicted octanol–water partition coefficient (Wildman–Crippen LogP) is 2.36. The minimum Gasteiger partial charge on any atom is -0.467 e. The fourth-order valence-electron chi connectivity index (χ4n) is 2.48. The zero-order valence-corrected chi connectivity index (χ0v) is 15.7. The van der Waals surface area contributed by atoms with Crippen molar-refractivity contribution < 1.29 is 19.1 Å². The van der Waals surface area contributed by atoms with Gasteiger partial charge in [-0.3, -0.25) is 9.59 Å². The highest BCUT2D eigenvalue weighted by atomic mass is 35.5. The van der Waals surface area contributed by atoms with E-state index in [9.17, 15) is 14.4 Å². The Balaban J connectivity index is 1.85. The topological polar surface area (TPSA) is 84.5 Å². The number of halogens is 1. The van der Waals surface area contributed by atoms with Gasteiger partial charge in [0, 0.05) is 19.4 Å². The molecule has 0 bridgehead atoms. The molecule has 27 heavy (non-hydrogen) atoms. The van der Waals surface area contributed by atoms with Crippen molar-refractivity contribution in [2.75, 3.05) is 13.7 Å². The van der Waals surface area contributed by atoms with E-state index in [-0.39, 0.29) is 24.8 Å². The molecule has 0 spiro atoms. The van der Waals surface area contributed by atoms with E-state index in [1.807, 2.05) is 30.3 Å². The number of esters is 1. The number of hydrogen-bond acceptors (Lipinski definition) is 4. The summed E-state index contributed by atoms with van der Waals surface area (Å²) in [5.41, 5.74) is 1.25. The standard InChI is InChI=1S/C20H21ClN2O4/c1-27-20(26)17(13-14-7-3-2-4-8-14)23-18(24)11-12-22-19(25)15-9-5-6-10-16(15)21/h2-10,17H,11-13H2,1H3,(H,22,25)(H,23,24). The summed E-state index contributed by atoms with van der Waals surface area (Å²) in [6, 6.07) is 15.2. The Labute approximate surface area is 162 Å². The van der Waals surface area contributed by atoms with Gasteiger partial charge in [0.25, 0.3) is 5.91 Å². The van der Waals surface area contributed by atoms with Crippen LogP contribution in [0.3, 0.4) is 0 Å². The van der Waals surface area contributed by atoms with Gasteiger partial charge in [-0.15, -0.1) is 0 Å². The number of ether oxygens (including phenoxy) is 1. The molecule has 2 aromatic rings. The van der Waals surface area contributed by atoms with Gasteiger partial charge in [0.05, 0.1) is 17.7 Å². The van der Waals surface area contributed by atoms with E-state index in [2.05, 4.69) is 10.6 Å². The lowest BCUT2D eigenvalue weighted by atomic mass is 10.1. The zero-order valence-electron chi connectivity index (χ0n) is 14.9. The van der Waals surface area contributed by atoms with Crippen LogP contribution in [0.5, 0.6) is 0 Å².